The molecule has 0 saturated heterocycles. The molecular weight excluding hydrogens is 1230 g/mol. The Kier molecular flexibility index (Phi) is 31.8. The normalized spacial score (nSPS) is 11.2. The van der Waals surface area contributed by atoms with Gasteiger partial charge in [-0.3, -0.25) is 30.3 Å². The molecule has 0 aromatic heterocycles. The van der Waals surface area contributed by atoms with E-state index in [-0.39, 0.29) is 35.2 Å². The molecular formula is C70H83ClN13O9P. The number of nitro benzene ring substituents is 3. The van der Waals surface area contributed by atoms with Crippen LogP contribution in [0.2, 0.25) is 0 Å². The summed E-state index contributed by atoms with van der Waals surface area (Å²) in [5.74, 6) is 0. The van der Waals surface area contributed by atoms with Gasteiger partial charge in [0.15, 0.2) is 0 Å². The highest BCUT2D eigenvalue weighted by molar-refractivity contribution is 7.78. The van der Waals surface area contributed by atoms with Crippen LogP contribution in [0.15, 0.2) is 209 Å². The quantitative estimate of drug-likeness (QED) is 0.0120. The van der Waals surface area contributed by atoms with Gasteiger partial charge in [0, 0.05) is 108 Å². The zero-order valence-electron chi connectivity index (χ0n) is 54.4. The first kappa shape index (κ1) is 75.1. The summed E-state index contributed by atoms with van der Waals surface area (Å²) in [7, 11) is -1.08. The fourth-order valence-electron chi connectivity index (χ4n) is 9.93. The molecule has 22 nitrogen and oxygen atoms in total. The second-order valence-electron chi connectivity index (χ2n) is 21.3. The highest BCUT2D eigenvalue weighted by atomic mass is 35.7. The second kappa shape index (κ2) is 39.7. The first-order chi connectivity index (χ1) is 45.4. The van der Waals surface area contributed by atoms with E-state index in [2.05, 4.69) is 100 Å². The summed E-state index contributed by atoms with van der Waals surface area (Å²) in [4.78, 5) is 38.4. The number of azo groups is 2. The van der Waals surface area contributed by atoms with E-state index in [0.29, 0.717) is 87.9 Å². The van der Waals surface area contributed by atoms with Crippen LogP contribution >= 0.6 is 18.9 Å². The summed E-state index contributed by atoms with van der Waals surface area (Å²) in [5.41, 5.74) is 12.4. The summed E-state index contributed by atoms with van der Waals surface area (Å²) < 4.78 is 7.52. The molecule has 0 aliphatic carbocycles. The third kappa shape index (κ3) is 22.3. The predicted octanol–water partition coefficient (Wildman–Crippen LogP) is 18.7. The summed E-state index contributed by atoms with van der Waals surface area (Å²) in [6, 6.07) is 58.9. The van der Waals surface area contributed by atoms with Crippen molar-refractivity contribution >= 4 is 114 Å². The van der Waals surface area contributed by atoms with Gasteiger partial charge in [-0.25, -0.2) is 4.67 Å². The van der Waals surface area contributed by atoms with Gasteiger partial charge >= 0.3 is 0 Å². The van der Waals surface area contributed by atoms with Crippen LogP contribution in [0, 0.1) is 41.7 Å². The van der Waals surface area contributed by atoms with E-state index < -0.39 is 17.5 Å². The van der Waals surface area contributed by atoms with Crippen molar-refractivity contribution in [1.82, 2.24) is 4.67 Å². The fourth-order valence-corrected chi connectivity index (χ4v) is 12.3. The molecule has 0 aliphatic rings. The molecule has 4 N–H and O–H groups in total. The van der Waals surface area contributed by atoms with Gasteiger partial charge in [0.2, 0.25) is 7.65 Å². The van der Waals surface area contributed by atoms with Crippen molar-refractivity contribution in [2.75, 3.05) is 79.5 Å². The number of nitrogen functional groups attached to an aromatic ring is 1. The van der Waals surface area contributed by atoms with Gasteiger partial charge in [-0.1, -0.05) is 79.7 Å². The van der Waals surface area contributed by atoms with Crippen molar-refractivity contribution in [1.29, 1.82) is 5.26 Å². The lowest BCUT2D eigenvalue weighted by Gasteiger charge is -2.32. The Labute approximate surface area is 555 Å². The molecule has 94 heavy (non-hydrogen) atoms. The van der Waals surface area contributed by atoms with Crippen molar-refractivity contribution in [2.45, 2.75) is 80.3 Å². The molecule has 24 heteroatoms. The number of aliphatic hydroxyl groups is 2. The molecule has 9 aromatic carbocycles. The molecule has 0 amide bonds. The maximum atomic E-state index is 11.2. The number of aliphatic hydroxyl groups excluding tert-OH is 2. The number of rotatable bonds is 25. The average molecular weight is 1320 g/mol. The number of benzene rings is 9. The molecule has 0 bridgehead atoms. The second-order valence-corrected chi connectivity index (χ2v) is 23.3. The van der Waals surface area contributed by atoms with Crippen LogP contribution in [0.3, 0.4) is 0 Å². The Balaban J connectivity index is 0.000000222. The number of hydrogen-bond donors (Lipinski definition) is 3. The van der Waals surface area contributed by atoms with Crippen LogP contribution < -0.4 is 20.4 Å². The van der Waals surface area contributed by atoms with Crippen molar-refractivity contribution in [3.8, 4) is 6.07 Å². The van der Waals surface area contributed by atoms with Gasteiger partial charge in [-0.05, 0) is 163 Å². The van der Waals surface area contributed by atoms with Crippen molar-refractivity contribution in [3.05, 3.63) is 218 Å². The van der Waals surface area contributed by atoms with E-state index in [4.69, 9.17) is 37.0 Å². The summed E-state index contributed by atoms with van der Waals surface area (Å²) >= 11 is 6.13. The van der Waals surface area contributed by atoms with E-state index in [9.17, 15) is 30.3 Å². The summed E-state index contributed by atoms with van der Waals surface area (Å²) in [5, 5.41) is 80.3. The topological polar surface area (TPSA) is 291 Å². The Morgan fingerprint density at radius 3 is 1.21 bits per heavy atom. The highest BCUT2D eigenvalue weighted by Crippen LogP contribution is 2.49. The number of nitriles is 1. The minimum absolute atomic E-state index is 0.0532. The number of nitrogens with two attached hydrogens (primary N) is 1. The van der Waals surface area contributed by atoms with Gasteiger partial charge in [-0.15, -0.1) is 10.2 Å². The lowest BCUT2D eigenvalue weighted by Crippen LogP contribution is -2.31. The minimum Gasteiger partial charge on any atom is -0.398 e. The van der Waals surface area contributed by atoms with Crippen LogP contribution in [0.4, 0.5) is 62.6 Å². The zero-order valence-corrected chi connectivity index (χ0v) is 56.0. The Bertz CT molecular complexity index is 3770. The largest absolute Gasteiger partial charge is 0.398 e. The van der Waals surface area contributed by atoms with Gasteiger partial charge in [0.05, 0.1) is 86.0 Å². The fraction of sp³-hybridized carbons (Fsp3) is 0.300. The zero-order chi connectivity index (χ0) is 68.5. The Morgan fingerprint density at radius 2 is 0.851 bits per heavy atom. The number of para-hydroxylation sites is 1. The molecule has 0 saturated carbocycles. The van der Waals surface area contributed by atoms with Gasteiger partial charge < -0.3 is 35.2 Å². The number of likely N-dealkylation sites (N-methyl/N-ethyl adjacent to an activating group) is 2. The van der Waals surface area contributed by atoms with Crippen LogP contribution in [-0.4, -0.2) is 101 Å². The van der Waals surface area contributed by atoms with E-state index in [0.717, 1.165) is 49.4 Å². The molecule has 9 aromatic rings. The van der Waals surface area contributed by atoms with Crippen LogP contribution in [-0.2, 0) is 4.52 Å². The number of non-ortho nitro benzene ring substituents is 3. The van der Waals surface area contributed by atoms with E-state index in [1.165, 1.54) is 29.6 Å². The average Bonchev–Trinajstić information content (AvgIpc) is 0.831. The monoisotopic (exact) mass is 1320 g/mol. The molecule has 0 fully saturated rings. The van der Waals surface area contributed by atoms with Gasteiger partial charge in [0.1, 0.15) is 0 Å². The van der Waals surface area contributed by atoms with E-state index >= 15 is 0 Å². The number of hydrogen-bond acceptors (Lipinski definition) is 19. The smallest absolute Gasteiger partial charge is 0.277 e. The first-order valence-electron chi connectivity index (χ1n) is 30.9. The van der Waals surface area contributed by atoms with Crippen LogP contribution in [0.5, 0.6) is 0 Å². The Hall–Kier alpha value is -9.59. The molecule has 0 heterocycles. The van der Waals surface area contributed by atoms with Gasteiger partial charge in [-0.2, -0.15) is 15.5 Å². The maximum Gasteiger partial charge on any atom is 0.277 e. The first-order valence-corrected chi connectivity index (χ1v) is 33.0. The third-order valence-corrected chi connectivity index (χ3v) is 16.9. The number of nitrogens with zero attached hydrogens (tertiary/aromatic N) is 12. The highest BCUT2D eigenvalue weighted by Gasteiger charge is 2.23. The number of nitro groups is 3. The molecule has 0 radical (unpaired) electrons. The SMILES string of the molecule is CC(C)N(C(C)C)P(Cl)OCCC#N.CCCN(CC)c1ccc(N=Nc2ccc([N+](=O)[O-])c3ccccc23)cc1.CCN(CCO)c1ccc(N=Nc2ccc([N+](=O)[O-])c3ccccc23)cc1.CCN(CCO)c1ccccc1.Nc1ccc([N+](=O)[O-])c2ccccc12. The maximum absolute atomic E-state index is 11.2. The lowest BCUT2D eigenvalue weighted by molar-refractivity contribution is -0.383. The predicted molar refractivity (Wildman–Crippen MR) is 383 cm³/mol. The van der Waals surface area contributed by atoms with E-state index in [1.807, 2.05) is 104 Å². The molecule has 0 aliphatic heterocycles. The van der Waals surface area contributed by atoms with Crippen molar-refractivity contribution in [3.63, 3.8) is 0 Å². The number of fused-ring (bicyclic) bond motifs is 3. The third-order valence-electron chi connectivity index (χ3n) is 14.4. The molecule has 494 valence electrons. The Morgan fingerprint density at radius 1 is 0.500 bits per heavy atom. The number of anilines is 4. The number of halogens is 1. The van der Waals surface area contributed by atoms with Crippen molar-refractivity contribution < 1.29 is 29.5 Å². The minimum atomic E-state index is -1.08. The summed E-state index contributed by atoms with van der Waals surface area (Å²) in [6.45, 7) is 22.5. The standard InChI is InChI=1S/C21H22N4O2.C20H20N4O3.C10H8N2O2.C10H15NO.C9H18ClN2OP/c1-3-15-24(4-2)17-11-9-16(10-12-17)22-23-20-13-14-21(25(26)27)19-8-6-5-7-18(19)20;1-2-23(13-14-25)16-9-7-15(8-10-16)21-22-19-11-12-20(24(26)27)18-6-4-3-5-17(18)19;11-9-5-6-10(12(13)14)8-4-2-1-3-7(8)9;1-2-11(8-9-12)10-6-4-3-5-7-10;1-8(2)12(9(3)4)14(10)13-7-5-6-11/h5-14H,3-4,15H2,1-2H3;3-12,25H,2,13-14H2,1H3;1-6H,11H2;3-7,12H,2,8-9H2,1H3;8-9H,5,7H2,1-4H3. The van der Waals surface area contributed by atoms with E-state index in [1.54, 1.807) is 66.7 Å². The lowest BCUT2D eigenvalue weighted by atomic mass is 10.1. The summed E-state index contributed by atoms with van der Waals surface area (Å²) in [6.07, 6.45) is 1.50. The molecule has 1 unspecified atom stereocenters. The molecule has 0 spiro atoms. The van der Waals surface area contributed by atoms with Crippen molar-refractivity contribution in [2.24, 2.45) is 20.5 Å². The van der Waals surface area contributed by atoms with Crippen LogP contribution in [0.25, 0.3) is 32.3 Å². The molecule has 9 rings (SSSR count). The van der Waals surface area contributed by atoms with Crippen LogP contribution in [0.1, 0.15) is 68.2 Å². The molecule has 1 atom stereocenters. The van der Waals surface area contributed by atoms with Gasteiger partial charge in [0.25, 0.3) is 17.1 Å².